The van der Waals surface area contributed by atoms with Crippen LogP contribution in [0.15, 0.2) is 0 Å². The van der Waals surface area contributed by atoms with Gasteiger partial charge < -0.3 is 5.11 Å². The number of anilines is 1. The van der Waals surface area contributed by atoms with Gasteiger partial charge >= 0.3 is 12.1 Å². The van der Waals surface area contributed by atoms with E-state index in [1.165, 1.54) is 0 Å². The molecular weight excluding hydrogens is 281 g/mol. The van der Waals surface area contributed by atoms with Crippen molar-refractivity contribution in [2.75, 3.05) is 5.32 Å². The number of carboxylic acid groups (broad SMARTS) is 1. The van der Waals surface area contributed by atoms with Gasteiger partial charge in [0, 0.05) is 0 Å². The second kappa shape index (κ2) is 4.18. The molecule has 1 fully saturated rings. The molecule has 1 aliphatic carbocycles. The Labute approximate surface area is 110 Å². The van der Waals surface area contributed by atoms with Crippen molar-refractivity contribution in [3.63, 3.8) is 0 Å². The Morgan fingerprint density at radius 1 is 1.35 bits per heavy atom. The van der Waals surface area contributed by atoms with E-state index in [1.54, 1.807) is 18.9 Å². The van der Waals surface area contributed by atoms with Gasteiger partial charge in [-0.3, -0.25) is 20.0 Å². The number of nitrogens with zero attached hydrogens (tertiary/aromatic N) is 2. The van der Waals surface area contributed by atoms with Crippen molar-refractivity contribution in [3.05, 3.63) is 5.82 Å². The molecule has 110 valence electrons. The van der Waals surface area contributed by atoms with Crippen LogP contribution in [0.3, 0.4) is 0 Å². The minimum absolute atomic E-state index is 0.533. The van der Waals surface area contributed by atoms with Gasteiger partial charge in [0.25, 0.3) is 0 Å². The van der Waals surface area contributed by atoms with Gasteiger partial charge in [-0.1, -0.05) is 13.8 Å². The van der Waals surface area contributed by atoms with E-state index in [0.717, 1.165) is 0 Å². The Kier molecular flexibility index (Phi) is 2.99. The summed E-state index contributed by atoms with van der Waals surface area (Å²) >= 11 is 0. The van der Waals surface area contributed by atoms with Crippen molar-refractivity contribution >= 4 is 17.8 Å². The third kappa shape index (κ3) is 2.32. The summed E-state index contributed by atoms with van der Waals surface area (Å²) in [6, 6.07) is 0. The van der Waals surface area contributed by atoms with Gasteiger partial charge in [-0.15, -0.1) is 5.10 Å². The van der Waals surface area contributed by atoms with Gasteiger partial charge in [-0.05, 0) is 5.41 Å². The molecule has 0 spiro atoms. The highest BCUT2D eigenvalue weighted by molar-refractivity contribution is 5.98. The number of halogens is 3. The lowest BCUT2D eigenvalue weighted by atomic mass is 10.1. The first kappa shape index (κ1) is 14.3. The minimum Gasteiger partial charge on any atom is -0.481 e. The molecule has 10 heteroatoms. The van der Waals surface area contributed by atoms with E-state index in [-0.39, 0.29) is 0 Å². The molecule has 1 aromatic rings. The first-order valence-electron chi connectivity index (χ1n) is 5.58. The smallest absolute Gasteiger partial charge is 0.451 e. The van der Waals surface area contributed by atoms with Crippen LogP contribution < -0.4 is 5.32 Å². The molecule has 2 atom stereocenters. The first-order valence-corrected chi connectivity index (χ1v) is 5.58. The average Bonchev–Trinajstić information content (AvgIpc) is 2.67. The number of aliphatic carboxylic acids is 1. The molecule has 1 saturated carbocycles. The van der Waals surface area contributed by atoms with Crippen LogP contribution in [0, 0.1) is 17.3 Å². The van der Waals surface area contributed by atoms with Gasteiger partial charge in [0.1, 0.15) is 0 Å². The predicted molar refractivity (Wildman–Crippen MR) is 58.4 cm³/mol. The molecule has 7 nitrogen and oxygen atoms in total. The van der Waals surface area contributed by atoms with Crippen LogP contribution in [0.1, 0.15) is 19.7 Å². The summed E-state index contributed by atoms with van der Waals surface area (Å²) in [4.78, 5) is 25.8. The van der Waals surface area contributed by atoms with E-state index < -0.39 is 47.1 Å². The van der Waals surface area contributed by atoms with E-state index in [9.17, 15) is 22.8 Å². The predicted octanol–water partition coefficient (Wildman–Crippen LogP) is 1.12. The number of alkyl halides is 3. The van der Waals surface area contributed by atoms with Crippen LogP contribution in [0.2, 0.25) is 0 Å². The number of hydrogen-bond donors (Lipinski definition) is 3. The maximum Gasteiger partial charge on any atom is 0.451 e. The van der Waals surface area contributed by atoms with E-state index in [1.807, 2.05) is 0 Å². The second-order valence-electron chi connectivity index (χ2n) is 5.11. The normalized spacial score (nSPS) is 24.2. The summed E-state index contributed by atoms with van der Waals surface area (Å²) in [5.74, 6) is -5.40. The third-order valence-electron chi connectivity index (χ3n) is 3.36. The molecule has 1 amide bonds. The standard InChI is InChI=1S/C10H11F3N4O3/c1-9(2)3(4(9)6(19)20)5(18)14-8-15-7(16-17-8)10(11,12)13/h3-4H,1-2H3,(H,19,20)(H2,14,15,16,17,18)/t3-,4+/m1/s1. The number of carbonyl (C=O) groups excluding carboxylic acids is 1. The summed E-state index contributed by atoms with van der Waals surface area (Å²) in [6.45, 7) is 3.18. The Balaban J connectivity index is 2.07. The van der Waals surface area contributed by atoms with Crippen molar-refractivity contribution in [2.24, 2.45) is 17.3 Å². The third-order valence-corrected chi connectivity index (χ3v) is 3.36. The number of aromatic nitrogens is 3. The molecule has 0 radical (unpaired) electrons. The Hall–Kier alpha value is -2.13. The Bertz CT molecular complexity index is 566. The molecule has 3 N–H and O–H groups in total. The van der Waals surface area contributed by atoms with Crippen LogP contribution in [0.25, 0.3) is 0 Å². The van der Waals surface area contributed by atoms with Gasteiger partial charge in [-0.2, -0.15) is 18.2 Å². The zero-order chi connectivity index (χ0) is 15.3. The lowest BCUT2D eigenvalue weighted by molar-refractivity contribution is -0.144. The van der Waals surface area contributed by atoms with Gasteiger partial charge in [0.2, 0.25) is 17.7 Å². The van der Waals surface area contributed by atoms with Crippen molar-refractivity contribution < 1.29 is 27.9 Å². The monoisotopic (exact) mass is 292 g/mol. The summed E-state index contributed by atoms with van der Waals surface area (Å²) in [6.07, 6.45) is -4.70. The maximum absolute atomic E-state index is 12.3. The highest BCUT2D eigenvalue weighted by Crippen LogP contribution is 2.58. The number of nitrogens with one attached hydrogen (secondary N) is 2. The first-order chi connectivity index (χ1) is 9.05. The Morgan fingerprint density at radius 2 is 1.95 bits per heavy atom. The molecule has 20 heavy (non-hydrogen) atoms. The lowest BCUT2D eigenvalue weighted by Gasteiger charge is -2.02. The topological polar surface area (TPSA) is 108 Å². The molecule has 2 rings (SSSR count). The number of H-pyrrole nitrogens is 1. The molecular formula is C10H11F3N4O3. The molecule has 0 unspecified atom stereocenters. The van der Waals surface area contributed by atoms with Crippen LogP contribution in [0.4, 0.5) is 19.1 Å². The summed E-state index contributed by atoms with van der Waals surface area (Å²) < 4.78 is 36.8. The SMILES string of the molecule is CC1(C)[C@H](C(=O)O)[C@@H]1C(=O)Nc1n[nH]c(C(F)(F)F)n1. The van der Waals surface area contributed by atoms with Crippen LogP contribution in [-0.2, 0) is 15.8 Å². The van der Waals surface area contributed by atoms with E-state index in [0.29, 0.717) is 0 Å². The molecule has 0 saturated heterocycles. The number of amides is 1. The van der Waals surface area contributed by atoms with Crippen molar-refractivity contribution in [1.29, 1.82) is 0 Å². The quantitative estimate of drug-likeness (QED) is 0.773. The highest BCUT2D eigenvalue weighted by Gasteiger charge is 2.66. The zero-order valence-electron chi connectivity index (χ0n) is 10.4. The number of hydrogen-bond acceptors (Lipinski definition) is 4. The molecule has 1 heterocycles. The largest absolute Gasteiger partial charge is 0.481 e. The number of carboxylic acids is 1. The average molecular weight is 292 g/mol. The van der Waals surface area contributed by atoms with Crippen molar-refractivity contribution in [3.8, 4) is 0 Å². The highest BCUT2D eigenvalue weighted by atomic mass is 19.4. The second-order valence-corrected chi connectivity index (χ2v) is 5.11. The zero-order valence-corrected chi connectivity index (χ0v) is 10.4. The lowest BCUT2D eigenvalue weighted by Crippen LogP contribution is -2.18. The van der Waals surface area contributed by atoms with Crippen LogP contribution in [0.5, 0.6) is 0 Å². The van der Waals surface area contributed by atoms with E-state index in [2.05, 4.69) is 15.4 Å². The fourth-order valence-electron chi connectivity index (χ4n) is 2.22. The van der Waals surface area contributed by atoms with Gasteiger partial charge in [0.05, 0.1) is 11.8 Å². The molecule has 0 aliphatic heterocycles. The summed E-state index contributed by atoms with van der Waals surface area (Å²) in [7, 11) is 0. The molecule has 0 aromatic carbocycles. The van der Waals surface area contributed by atoms with Crippen LogP contribution in [-0.4, -0.2) is 32.2 Å². The number of carbonyl (C=O) groups is 2. The number of aromatic amines is 1. The van der Waals surface area contributed by atoms with E-state index >= 15 is 0 Å². The fraction of sp³-hybridized carbons (Fsp3) is 0.600. The Morgan fingerprint density at radius 3 is 2.35 bits per heavy atom. The van der Waals surface area contributed by atoms with Crippen molar-refractivity contribution in [2.45, 2.75) is 20.0 Å². The number of rotatable bonds is 3. The van der Waals surface area contributed by atoms with Gasteiger partial charge in [0.15, 0.2) is 0 Å². The fourth-order valence-corrected chi connectivity index (χ4v) is 2.22. The summed E-state index contributed by atoms with van der Waals surface area (Å²) in [5.41, 5.74) is -0.751. The minimum atomic E-state index is -4.70. The van der Waals surface area contributed by atoms with Gasteiger partial charge in [-0.25, -0.2) is 0 Å². The summed E-state index contributed by atoms with van der Waals surface area (Å²) in [5, 5.41) is 15.9. The van der Waals surface area contributed by atoms with Crippen LogP contribution >= 0.6 is 0 Å². The van der Waals surface area contributed by atoms with E-state index in [4.69, 9.17) is 5.11 Å². The molecule has 1 aromatic heterocycles. The molecule has 1 aliphatic rings. The van der Waals surface area contributed by atoms with Crippen molar-refractivity contribution in [1.82, 2.24) is 15.2 Å². The molecule has 0 bridgehead atoms. The maximum atomic E-state index is 12.3.